The van der Waals surface area contributed by atoms with Crippen LogP contribution in [0.2, 0.25) is 0 Å². The van der Waals surface area contributed by atoms with E-state index in [0.717, 1.165) is 52.1 Å². The zero-order valence-electron chi connectivity index (χ0n) is 21.2. The van der Waals surface area contributed by atoms with Gasteiger partial charge in [0.15, 0.2) is 0 Å². The molecule has 2 aliphatic rings. The summed E-state index contributed by atoms with van der Waals surface area (Å²) in [4.78, 5) is 2.40. The number of hydrogen-bond acceptors (Lipinski definition) is 4. The molecule has 0 atom stereocenters. The van der Waals surface area contributed by atoms with E-state index in [-0.39, 0.29) is 0 Å². The first-order chi connectivity index (χ1) is 13.7. The molecule has 1 aliphatic carbocycles. The van der Waals surface area contributed by atoms with E-state index in [0.29, 0.717) is 11.5 Å². The Labute approximate surface area is 178 Å². The Morgan fingerprint density at radius 3 is 1.57 bits per heavy atom. The first kappa shape index (κ1) is 32.5. The number of ether oxygens (including phenoxy) is 3. The second-order valence-corrected chi connectivity index (χ2v) is 6.59. The molecule has 1 aliphatic heterocycles. The van der Waals surface area contributed by atoms with Crippen LogP contribution >= 0.6 is 0 Å². The van der Waals surface area contributed by atoms with Gasteiger partial charge in [0, 0.05) is 52.0 Å². The Bertz CT molecular complexity index is 261. The molecule has 0 radical (unpaired) electrons. The molecule has 1 heterocycles. The first-order valence-electron chi connectivity index (χ1n) is 12.1. The van der Waals surface area contributed by atoms with E-state index in [4.69, 9.17) is 14.2 Å². The van der Waals surface area contributed by atoms with Crippen molar-refractivity contribution in [2.75, 3.05) is 53.7 Å². The molecule has 0 N–H and O–H groups in total. The fourth-order valence-electron chi connectivity index (χ4n) is 3.49. The van der Waals surface area contributed by atoms with E-state index in [1.807, 2.05) is 55.4 Å². The molecular formula is C24H55NO3. The summed E-state index contributed by atoms with van der Waals surface area (Å²) >= 11 is 0. The number of hydrogen-bond donors (Lipinski definition) is 0. The van der Waals surface area contributed by atoms with Crippen LogP contribution < -0.4 is 0 Å². The third-order valence-corrected chi connectivity index (χ3v) is 4.46. The normalized spacial score (nSPS) is 16.5. The van der Waals surface area contributed by atoms with Crippen LogP contribution in [0.4, 0.5) is 0 Å². The van der Waals surface area contributed by atoms with Gasteiger partial charge in [-0.2, -0.15) is 0 Å². The quantitative estimate of drug-likeness (QED) is 0.371. The van der Waals surface area contributed by atoms with Gasteiger partial charge in [0.2, 0.25) is 0 Å². The van der Waals surface area contributed by atoms with Gasteiger partial charge in [0.1, 0.15) is 0 Å². The summed E-state index contributed by atoms with van der Waals surface area (Å²) in [5.74, 6) is 0. The third kappa shape index (κ3) is 15.7. The highest BCUT2D eigenvalue weighted by atomic mass is 16.5. The van der Waals surface area contributed by atoms with E-state index in [1.165, 1.54) is 25.9 Å². The Kier molecular flexibility index (Phi) is 28.9. The number of methoxy groups -OCH3 is 1. The summed E-state index contributed by atoms with van der Waals surface area (Å²) in [7, 11) is 3.95. The van der Waals surface area contributed by atoms with Crippen molar-refractivity contribution in [3.63, 3.8) is 0 Å². The van der Waals surface area contributed by atoms with Crippen LogP contribution in [0.1, 0.15) is 93.9 Å². The van der Waals surface area contributed by atoms with E-state index in [2.05, 4.69) is 11.9 Å². The summed E-state index contributed by atoms with van der Waals surface area (Å²) < 4.78 is 16.5. The zero-order chi connectivity index (χ0) is 22.3. The second kappa shape index (κ2) is 24.9. The topological polar surface area (TPSA) is 30.9 Å². The molecule has 174 valence electrons. The number of likely N-dealkylation sites (tertiary alicyclic amines) is 1. The minimum absolute atomic E-state index is 0.540. The number of unbranched alkanes of at least 4 members (excludes halogenated alkanes) is 2. The molecule has 0 unspecified atom stereocenters. The zero-order valence-corrected chi connectivity index (χ0v) is 21.2. The largest absolute Gasteiger partial charge is 0.385 e. The standard InChI is InChI=1S/C16H31NO3.4C2H6/c1-17-13-16(14-17)11-15(12-16)20-10-6-5-9-19-8-4-3-7-18-2;4*1-2/h15H,3-14H2,1-2H3;4*1-2H3. The van der Waals surface area contributed by atoms with E-state index < -0.39 is 0 Å². The van der Waals surface area contributed by atoms with Crippen molar-refractivity contribution in [3.8, 4) is 0 Å². The Morgan fingerprint density at radius 2 is 1.14 bits per heavy atom. The van der Waals surface area contributed by atoms with Gasteiger partial charge < -0.3 is 19.1 Å². The summed E-state index contributed by atoms with van der Waals surface area (Å²) in [6, 6.07) is 0. The second-order valence-electron chi connectivity index (χ2n) is 6.59. The lowest BCUT2D eigenvalue weighted by atomic mass is 9.62. The van der Waals surface area contributed by atoms with Crippen molar-refractivity contribution in [1.82, 2.24) is 4.90 Å². The Balaban J connectivity index is -0.000000695. The molecule has 2 fully saturated rings. The molecule has 28 heavy (non-hydrogen) atoms. The number of rotatable bonds is 11. The van der Waals surface area contributed by atoms with E-state index >= 15 is 0 Å². The lowest BCUT2D eigenvalue weighted by Gasteiger charge is -2.58. The van der Waals surface area contributed by atoms with Gasteiger partial charge in [-0.3, -0.25) is 0 Å². The monoisotopic (exact) mass is 405 g/mol. The van der Waals surface area contributed by atoms with Gasteiger partial charge in [-0.05, 0) is 45.6 Å². The van der Waals surface area contributed by atoms with Crippen molar-refractivity contribution in [2.45, 2.75) is 100 Å². The molecule has 1 spiro atoms. The number of nitrogens with zero attached hydrogens (tertiary/aromatic N) is 1. The van der Waals surface area contributed by atoms with Crippen LogP contribution in [0.25, 0.3) is 0 Å². The minimum Gasteiger partial charge on any atom is -0.385 e. The van der Waals surface area contributed by atoms with E-state index in [1.54, 1.807) is 7.11 Å². The Morgan fingerprint density at radius 1 is 0.714 bits per heavy atom. The molecule has 0 aromatic rings. The maximum absolute atomic E-state index is 5.91. The molecule has 4 nitrogen and oxygen atoms in total. The van der Waals surface area contributed by atoms with Crippen molar-refractivity contribution >= 4 is 0 Å². The highest BCUT2D eigenvalue weighted by Crippen LogP contribution is 2.48. The van der Waals surface area contributed by atoms with Crippen LogP contribution in [0.5, 0.6) is 0 Å². The van der Waals surface area contributed by atoms with Crippen LogP contribution in [-0.2, 0) is 14.2 Å². The molecule has 1 saturated carbocycles. The molecule has 0 amide bonds. The fourth-order valence-corrected chi connectivity index (χ4v) is 3.49. The molecule has 0 aromatic heterocycles. The van der Waals surface area contributed by atoms with Gasteiger partial charge in [0.25, 0.3) is 0 Å². The van der Waals surface area contributed by atoms with Crippen molar-refractivity contribution in [1.29, 1.82) is 0 Å². The highest BCUT2D eigenvalue weighted by molar-refractivity contribution is 5.04. The minimum atomic E-state index is 0.540. The highest BCUT2D eigenvalue weighted by Gasteiger charge is 2.51. The summed E-state index contributed by atoms with van der Waals surface area (Å²) in [5, 5.41) is 0. The van der Waals surface area contributed by atoms with Crippen molar-refractivity contribution in [2.24, 2.45) is 5.41 Å². The molecular weight excluding hydrogens is 350 g/mol. The maximum Gasteiger partial charge on any atom is 0.0587 e. The average molecular weight is 406 g/mol. The van der Waals surface area contributed by atoms with Gasteiger partial charge >= 0.3 is 0 Å². The van der Waals surface area contributed by atoms with Gasteiger partial charge in [-0.15, -0.1) is 0 Å². The molecule has 0 aromatic carbocycles. The molecule has 4 heteroatoms. The van der Waals surface area contributed by atoms with Gasteiger partial charge in [0.05, 0.1) is 6.10 Å². The summed E-state index contributed by atoms with van der Waals surface area (Å²) in [6.45, 7) is 22.0. The molecule has 2 rings (SSSR count). The van der Waals surface area contributed by atoms with Crippen LogP contribution in [0, 0.1) is 5.41 Å². The predicted octanol–water partition coefficient (Wildman–Crippen LogP) is 6.43. The predicted molar refractivity (Wildman–Crippen MR) is 125 cm³/mol. The van der Waals surface area contributed by atoms with Crippen LogP contribution in [0.15, 0.2) is 0 Å². The fraction of sp³-hybridized carbons (Fsp3) is 1.00. The first-order valence-corrected chi connectivity index (χ1v) is 12.1. The van der Waals surface area contributed by atoms with Crippen LogP contribution in [-0.4, -0.2) is 64.7 Å². The van der Waals surface area contributed by atoms with Crippen molar-refractivity contribution in [3.05, 3.63) is 0 Å². The Hall–Kier alpha value is -0.160. The maximum atomic E-state index is 5.91. The molecule has 0 bridgehead atoms. The van der Waals surface area contributed by atoms with E-state index in [9.17, 15) is 0 Å². The summed E-state index contributed by atoms with van der Waals surface area (Å²) in [5.41, 5.74) is 0.644. The SMILES string of the molecule is CC.CC.CC.CC.COCCCCOCCCCOC1CC2(C1)CN(C)C2. The smallest absolute Gasteiger partial charge is 0.0587 e. The summed E-state index contributed by atoms with van der Waals surface area (Å²) in [6.07, 6.45) is 7.55. The third-order valence-electron chi connectivity index (χ3n) is 4.46. The van der Waals surface area contributed by atoms with Crippen molar-refractivity contribution < 1.29 is 14.2 Å². The van der Waals surface area contributed by atoms with Crippen LogP contribution in [0.3, 0.4) is 0 Å². The lowest BCUT2D eigenvalue weighted by molar-refractivity contribution is -0.144. The van der Waals surface area contributed by atoms with Gasteiger partial charge in [-0.25, -0.2) is 0 Å². The average Bonchev–Trinajstić information content (AvgIpc) is 2.72. The van der Waals surface area contributed by atoms with Gasteiger partial charge in [-0.1, -0.05) is 55.4 Å². The molecule has 1 saturated heterocycles. The lowest BCUT2D eigenvalue weighted by Crippen LogP contribution is -2.62.